The zero-order valence-corrected chi connectivity index (χ0v) is 7.98. The van der Waals surface area contributed by atoms with E-state index >= 15 is 0 Å². The normalized spacial score (nSPS) is 9.92. The van der Waals surface area contributed by atoms with Crippen LogP contribution in [-0.2, 0) is 14.1 Å². The smallest absolute Gasteiger partial charge is 0.439 e. The first-order valence-corrected chi connectivity index (χ1v) is 4.92. The first-order chi connectivity index (χ1) is 5.81. The molecular formula is C5H13O7P. The molecule has 0 aromatic rings. The van der Waals surface area contributed by atoms with Gasteiger partial charge in [0.05, 0.1) is 0 Å². The molecule has 0 heterocycles. The van der Waals surface area contributed by atoms with E-state index in [4.69, 9.17) is 24.4 Å². The molecule has 0 aliphatic carbocycles. The van der Waals surface area contributed by atoms with E-state index < -0.39 is 14.6 Å². The highest BCUT2D eigenvalue weighted by molar-refractivity contribution is 7.45. The van der Waals surface area contributed by atoms with Gasteiger partial charge in [-0.05, 0) is 6.42 Å². The van der Waals surface area contributed by atoms with E-state index in [1.165, 1.54) is 0 Å². The van der Waals surface area contributed by atoms with E-state index in [1.807, 2.05) is 6.92 Å². The Morgan fingerprint density at radius 3 is 2.00 bits per heavy atom. The lowest BCUT2D eigenvalue weighted by Gasteiger charge is -1.95. The summed E-state index contributed by atoms with van der Waals surface area (Å²) in [5.74, 6) is -0.338. The molecule has 7 nitrogen and oxygen atoms in total. The number of aliphatic hydroxyl groups is 1. The number of aliphatic hydroxyl groups excluding tert-OH is 1. The second-order valence-corrected chi connectivity index (χ2v) is 2.94. The van der Waals surface area contributed by atoms with Gasteiger partial charge in [0.15, 0.2) is 6.79 Å². The van der Waals surface area contributed by atoms with Crippen molar-refractivity contribution >= 4 is 13.8 Å². The first kappa shape index (κ1) is 15.0. The van der Waals surface area contributed by atoms with Crippen molar-refractivity contribution in [2.75, 3.05) is 6.79 Å². The molecule has 0 aromatic carbocycles. The van der Waals surface area contributed by atoms with Crippen molar-refractivity contribution in [1.82, 2.24) is 0 Å². The van der Waals surface area contributed by atoms with Crippen molar-refractivity contribution in [1.29, 1.82) is 0 Å². The van der Waals surface area contributed by atoms with Gasteiger partial charge in [-0.2, -0.15) is 0 Å². The summed E-state index contributed by atoms with van der Waals surface area (Å²) in [4.78, 5) is 31.8. The third-order valence-corrected chi connectivity index (χ3v) is 0.680. The van der Waals surface area contributed by atoms with Crippen molar-refractivity contribution in [3.63, 3.8) is 0 Å². The van der Waals surface area contributed by atoms with Gasteiger partial charge in [0.2, 0.25) is 0 Å². The third kappa shape index (κ3) is 34.2. The molecule has 13 heavy (non-hydrogen) atoms. The maximum atomic E-state index is 10.3. The Morgan fingerprint density at radius 2 is 1.77 bits per heavy atom. The molecule has 4 N–H and O–H groups in total. The minimum atomic E-state index is -4.64. The third-order valence-electron chi connectivity index (χ3n) is 0.680. The average molecular weight is 216 g/mol. The van der Waals surface area contributed by atoms with Crippen LogP contribution in [0.3, 0.4) is 0 Å². The minimum absolute atomic E-state index is 0.338. The lowest BCUT2D eigenvalue weighted by molar-refractivity contribution is -0.151. The van der Waals surface area contributed by atoms with Gasteiger partial charge in [0.25, 0.3) is 0 Å². The largest absolute Gasteiger partial charge is 0.466 e. The number of rotatable bonds is 3. The van der Waals surface area contributed by atoms with Gasteiger partial charge in [-0.25, -0.2) is 4.57 Å². The van der Waals surface area contributed by atoms with E-state index in [2.05, 4.69) is 4.74 Å². The van der Waals surface area contributed by atoms with Gasteiger partial charge in [-0.1, -0.05) is 6.92 Å². The van der Waals surface area contributed by atoms with E-state index in [0.29, 0.717) is 6.42 Å². The van der Waals surface area contributed by atoms with Crippen molar-refractivity contribution in [2.45, 2.75) is 19.8 Å². The molecule has 8 heteroatoms. The van der Waals surface area contributed by atoms with E-state index in [0.717, 1.165) is 6.42 Å². The van der Waals surface area contributed by atoms with Crippen LogP contribution >= 0.6 is 7.82 Å². The highest BCUT2D eigenvalue weighted by Gasteiger charge is 2.00. The van der Waals surface area contributed by atoms with Crippen LogP contribution < -0.4 is 0 Å². The lowest BCUT2D eigenvalue weighted by Crippen LogP contribution is -2.03. The fourth-order valence-electron chi connectivity index (χ4n) is 0.348. The predicted octanol–water partition coefficient (Wildman–Crippen LogP) is -0.649. The van der Waals surface area contributed by atoms with Gasteiger partial charge < -0.3 is 24.5 Å². The maximum absolute atomic E-state index is 10.3. The Morgan fingerprint density at radius 1 is 1.38 bits per heavy atom. The maximum Gasteiger partial charge on any atom is 0.466 e. The Balaban J connectivity index is 0. The molecule has 0 saturated carbocycles. The zero-order valence-electron chi connectivity index (χ0n) is 7.08. The van der Waals surface area contributed by atoms with Crippen LogP contribution in [0.25, 0.3) is 0 Å². The molecule has 80 valence electrons. The standard InChI is InChI=1S/C5H10O3.H3O4P/c1-2-3-5(7)8-4-6;1-5(2,3)4/h6H,2-4H2,1H3;(H3,1,2,3,4). The Bertz CT molecular complexity index is 157. The fourth-order valence-corrected chi connectivity index (χ4v) is 0.348. The highest BCUT2D eigenvalue weighted by atomic mass is 31.2. The highest BCUT2D eigenvalue weighted by Crippen LogP contribution is 2.25. The molecule has 0 atom stereocenters. The van der Waals surface area contributed by atoms with Crippen LogP contribution in [0.15, 0.2) is 0 Å². The van der Waals surface area contributed by atoms with Crippen molar-refractivity contribution in [2.24, 2.45) is 0 Å². The summed E-state index contributed by atoms with van der Waals surface area (Å²) < 4.78 is 13.1. The van der Waals surface area contributed by atoms with Crippen LogP contribution in [-0.4, -0.2) is 32.5 Å². The van der Waals surface area contributed by atoms with E-state index in [9.17, 15) is 4.79 Å². The first-order valence-electron chi connectivity index (χ1n) is 3.36. The molecule has 0 aromatic heterocycles. The summed E-state index contributed by atoms with van der Waals surface area (Å²) in [6, 6.07) is 0. The molecular weight excluding hydrogens is 203 g/mol. The number of esters is 1. The molecule has 0 unspecified atom stereocenters. The van der Waals surface area contributed by atoms with Gasteiger partial charge in [0, 0.05) is 6.42 Å². The van der Waals surface area contributed by atoms with Crippen LogP contribution in [0.4, 0.5) is 0 Å². The number of carbonyl (C=O) groups is 1. The fraction of sp³-hybridized carbons (Fsp3) is 0.800. The SMILES string of the molecule is CCCC(=O)OCO.O=P(O)(O)O. The summed E-state index contributed by atoms with van der Waals surface area (Å²) in [7, 11) is -4.64. The van der Waals surface area contributed by atoms with Gasteiger partial charge in [-0.15, -0.1) is 0 Å². The van der Waals surface area contributed by atoms with Crippen molar-refractivity contribution < 1.29 is 33.9 Å². The molecule has 0 rings (SSSR count). The minimum Gasteiger partial charge on any atom is -0.439 e. The number of hydrogen-bond acceptors (Lipinski definition) is 4. The Kier molecular flexibility index (Phi) is 9.43. The van der Waals surface area contributed by atoms with Crippen LogP contribution in [0.1, 0.15) is 19.8 Å². The quantitative estimate of drug-likeness (QED) is 0.280. The monoisotopic (exact) mass is 216 g/mol. The number of phosphoric acid groups is 1. The van der Waals surface area contributed by atoms with Crippen molar-refractivity contribution in [3.05, 3.63) is 0 Å². The summed E-state index contributed by atoms with van der Waals surface area (Å²) in [6.07, 6.45) is 1.15. The molecule has 0 radical (unpaired) electrons. The summed E-state index contributed by atoms with van der Waals surface area (Å²) in [6.45, 7) is 1.37. The number of hydrogen-bond donors (Lipinski definition) is 4. The zero-order chi connectivity index (χ0) is 10.9. The Hall–Kier alpha value is -0.460. The van der Waals surface area contributed by atoms with Gasteiger partial charge >= 0.3 is 13.8 Å². The summed E-state index contributed by atoms with van der Waals surface area (Å²) >= 11 is 0. The lowest BCUT2D eigenvalue weighted by atomic mass is 10.3. The average Bonchev–Trinajstić information content (AvgIpc) is 1.84. The predicted molar refractivity (Wildman–Crippen MR) is 42.3 cm³/mol. The Labute approximate surface area is 75.2 Å². The number of ether oxygens (including phenoxy) is 1. The molecule has 0 saturated heterocycles. The molecule has 0 bridgehead atoms. The summed E-state index contributed by atoms with van der Waals surface area (Å²) in [5.41, 5.74) is 0. The van der Waals surface area contributed by atoms with Gasteiger partial charge in [0.1, 0.15) is 0 Å². The number of carbonyl (C=O) groups excluding carboxylic acids is 1. The summed E-state index contributed by atoms with van der Waals surface area (Å²) in [5, 5.41) is 8.02. The molecule has 0 fully saturated rings. The van der Waals surface area contributed by atoms with Crippen LogP contribution in [0.2, 0.25) is 0 Å². The van der Waals surface area contributed by atoms with Crippen LogP contribution in [0.5, 0.6) is 0 Å². The van der Waals surface area contributed by atoms with Gasteiger partial charge in [-0.3, -0.25) is 4.79 Å². The van der Waals surface area contributed by atoms with E-state index in [1.54, 1.807) is 0 Å². The topological polar surface area (TPSA) is 124 Å². The molecule has 0 spiro atoms. The molecule has 0 amide bonds. The van der Waals surface area contributed by atoms with Crippen molar-refractivity contribution in [3.8, 4) is 0 Å². The molecule has 0 aliphatic rings. The van der Waals surface area contributed by atoms with Crippen LogP contribution in [0, 0.1) is 0 Å². The van der Waals surface area contributed by atoms with E-state index in [-0.39, 0.29) is 5.97 Å². The molecule has 0 aliphatic heterocycles. The second kappa shape index (κ2) is 8.15. The second-order valence-electron chi connectivity index (χ2n) is 1.91.